The zero-order chi connectivity index (χ0) is 13.3. The highest BCUT2D eigenvalue weighted by molar-refractivity contribution is 7.08. The van der Waals surface area contributed by atoms with Crippen LogP contribution in [0.1, 0.15) is 44.5 Å². The minimum Gasteiger partial charge on any atom is -0.375 e. The van der Waals surface area contributed by atoms with E-state index in [0.29, 0.717) is 0 Å². The Hall–Kier alpha value is -0.870. The fourth-order valence-corrected chi connectivity index (χ4v) is 2.96. The fraction of sp³-hybridized carbons (Fsp3) is 0.643. The highest BCUT2D eigenvalue weighted by Gasteiger charge is 2.50. The van der Waals surface area contributed by atoms with Gasteiger partial charge in [-0.25, -0.2) is 0 Å². The zero-order valence-corrected chi connectivity index (χ0v) is 12.2. The van der Waals surface area contributed by atoms with Crippen molar-refractivity contribution >= 4 is 17.2 Å². The Morgan fingerprint density at radius 2 is 2.28 bits per heavy atom. The average Bonchev–Trinajstić information content (AvgIpc) is 2.80. The quantitative estimate of drug-likeness (QED) is 0.910. The standard InChI is InChI=1S/C14H21NO2S/c1-9(2)17-12-7-11(14(12,3)4)15-13(16)10-5-6-18-8-10/h5-6,8-9,11-12H,7H2,1-4H3,(H,15,16). The second-order valence-corrected chi connectivity index (χ2v) is 6.55. The molecule has 1 aliphatic rings. The van der Waals surface area contributed by atoms with Gasteiger partial charge in [0.2, 0.25) is 0 Å². The van der Waals surface area contributed by atoms with Crippen molar-refractivity contribution in [2.75, 3.05) is 0 Å². The Morgan fingerprint density at radius 1 is 1.56 bits per heavy atom. The molecule has 1 saturated carbocycles. The number of carbonyl (C=O) groups is 1. The molecule has 0 radical (unpaired) electrons. The molecule has 2 atom stereocenters. The lowest BCUT2D eigenvalue weighted by Crippen LogP contribution is -2.62. The average molecular weight is 267 g/mol. The van der Waals surface area contributed by atoms with Gasteiger partial charge < -0.3 is 10.1 Å². The van der Waals surface area contributed by atoms with Gasteiger partial charge in [-0.05, 0) is 31.7 Å². The highest BCUT2D eigenvalue weighted by atomic mass is 32.1. The number of nitrogens with one attached hydrogen (secondary N) is 1. The van der Waals surface area contributed by atoms with Crippen LogP contribution in [0.2, 0.25) is 0 Å². The second kappa shape index (κ2) is 5.02. The van der Waals surface area contributed by atoms with Crippen LogP contribution >= 0.6 is 11.3 Å². The molecule has 2 unspecified atom stereocenters. The molecule has 4 heteroatoms. The summed E-state index contributed by atoms with van der Waals surface area (Å²) in [5.74, 6) is 0.0253. The summed E-state index contributed by atoms with van der Waals surface area (Å²) >= 11 is 1.54. The lowest BCUT2D eigenvalue weighted by atomic mass is 9.64. The topological polar surface area (TPSA) is 38.3 Å². The molecule has 2 rings (SSSR count). The van der Waals surface area contributed by atoms with Crippen molar-refractivity contribution in [2.24, 2.45) is 5.41 Å². The summed E-state index contributed by atoms with van der Waals surface area (Å²) in [4.78, 5) is 12.0. The molecule has 1 aromatic rings. The Bertz CT molecular complexity index is 411. The van der Waals surface area contributed by atoms with Crippen LogP contribution in [0.3, 0.4) is 0 Å². The van der Waals surface area contributed by atoms with E-state index < -0.39 is 0 Å². The van der Waals surface area contributed by atoms with Gasteiger partial charge in [0, 0.05) is 22.4 Å². The minimum absolute atomic E-state index is 0.00987. The van der Waals surface area contributed by atoms with Gasteiger partial charge in [0.1, 0.15) is 0 Å². The Morgan fingerprint density at radius 3 is 2.78 bits per heavy atom. The van der Waals surface area contributed by atoms with Gasteiger partial charge in [0.15, 0.2) is 0 Å². The first-order valence-corrected chi connectivity index (χ1v) is 7.34. The van der Waals surface area contributed by atoms with Gasteiger partial charge in [-0.3, -0.25) is 4.79 Å². The number of amides is 1. The van der Waals surface area contributed by atoms with Crippen molar-refractivity contribution < 1.29 is 9.53 Å². The first-order chi connectivity index (χ1) is 8.41. The molecule has 1 aliphatic carbocycles. The van der Waals surface area contributed by atoms with Gasteiger partial charge in [-0.2, -0.15) is 11.3 Å². The van der Waals surface area contributed by atoms with Gasteiger partial charge >= 0.3 is 0 Å². The van der Waals surface area contributed by atoms with Gasteiger partial charge in [0.05, 0.1) is 12.2 Å². The van der Waals surface area contributed by atoms with Crippen LogP contribution in [-0.4, -0.2) is 24.2 Å². The van der Waals surface area contributed by atoms with Crippen LogP contribution in [0.15, 0.2) is 16.8 Å². The van der Waals surface area contributed by atoms with Crippen LogP contribution in [0, 0.1) is 5.41 Å². The van der Waals surface area contributed by atoms with Crippen LogP contribution in [0.5, 0.6) is 0 Å². The predicted octanol–water partition coefficient (Wildman–Crippen LogP) is 3.07. The summed E-state index contributed by atoms with van der Waals surface area (Å²) in [6.07, 6.45) is 1.38. The number of hydrogen-bond acceptors (Lipinski definition) is 3. The predicted molar refractivity (Wildman–Crippen MR) is 74.0 cm³/mol. The third kappa shape index (κ3) is 2.59. The lowest BCUT2D eigenvalue weighted by Gasteiger charge is -2.52. The number of ether oxygens (including phenoxy) is 1. The van der Waals surface area contributed by atoms with E-state index >= 15 is 0 Å². The molecule has 1 amide bonds. The molecule has 1 fully saturated rings. The third-order valence-corrected chi connectivity index (χ3v) is 4.39. The van der Waals surface area contributed by atoms with E-state index in [4.69, 9.17) is 4.74 Å². The van der Waals surface area contributed by atoms with E-state index in [9.17, 15) is 4.79 Å². The van der Waals surface area contributed by atoms with E-state index in [0.717, 1.165) is 12.0 Å². The van der Waals surface area contributed by atoms with E-state index in [1.165, 1.54) is 0 Å². The summed E-state index contributed by atoms with van der Waals surface area (Å²) in [5.41, 5.74) is 0.764. The zero-order valence-electron chi connectivity index (χ0n) is 11.4. The maximum absolute atomic E-state index is 12.0. The first kappa shape index (κ1) is 13.6. The van der Waals surface area contributed by atoms with Crippen LogP contribution < -0.4 is 5.32 Å². The maximum Gasteiger partial charge on any atom is 0.252 e. The number of thiophene rings is 1. The third-order valence-electron chi connectivity index (χ3n) is 3.70. The number of hydrogen-bond donors (Lipinski definition) is 1. The second-order valence-electron chi connectivity index (χ2n) is 5.77. The van der Waals surface area contributed by atoms with E-state index in [1.807, 2.05) is 30.7 Å². The minimum atomic E-state index is 0.00987. The van der Waals surface area contributed by atoms with Gasteiger partial charge in [0.25, 0.3) is 5.91 Å². The Kier molecular flexibility index (Phi) is 3.78. The monoisotopic (exact) mass is 267 g/mol. The molecule has 3 nitrogen and oxygen atoms in total. The summed E-state index contributed by atoms with van der Waals surface area (Å²) in [7, 11) is 0. The van der Waals surface area contributed by atoms with Crippen LogP contribution in [0.4, 0.5) is 0 Å². The van der Waals surface area contributed by atoms with Crippen molar-refractivity contribution in [3.8, 4) is 0 Å². The van der Waals surface area contributed by atoms with E-state index in [1.54, 1.807) is 11.3 Å². The molecule has 0 aromatic carbocycles. The van der Waals surface area contributed by atoms with Crippen LogP contribution in [-0.2, 0) is 4.74 Å². The molecule has 0 spiro atoms. The summed E-state index contributed by atoms with van der Waals surface area (Å²) in [6, 6.07) is 2.06. The van der Waals surface area contributed by atoms with E-state index in [-0.39, 0.29) is 29.6 Å². The fourth-order valence-electron chi connectivity index (χ4n) is 2.33. The molecule has 1 aromatic heterocycles. The summed E-state index contributed by atoms with van der Waals surface area (Å²) in [5, 5.41) is 6.90. The Balaban J connectivity index is 1.91. The molecular formula is C14H21NO2S. The SMILES string of the molecule is CC(C)OC1CC(NC(=O)c2ccsc2)C1(C)C. The molecule has 0 aliphatic heterocycles. The van der Waals surface area contributed by atoms with Crippen molar-refractivity contribution in [2.45, 2.75) is 52.4 Å². The van der Waals surface area contributed by atoms with Crippen molar-refractivity contribution in [3.63, 3.8) is 0 Å². The molecular weight excluding hydrogens is 246 g/mol. The summed E-state index contributed by atoms with van der Waals surface area (Å²) < 4.78 is 5.85. The van der Waals surface area contributed by atoms with E-state index in [2.05, 4.69) is 19.2 Å². The normalized spacial score (nSPS) is 25.8. The van der Waals surface area contributed by atoms with Gasteiger partial charge in [-0.15, -0.1) is 0 Å². The number of carbonyl (C=O) groups excluding carboxylic acids is 1. The molecule has 0 saturated heterocycles. The summed E-state index contributed by atoms with van der Waals surface area (Å²) in [6.45, 7) is 8.41. The molecule has 1 N–H and O–H groups in total. The van der Waals surface area contributed by atoms with Crippen LogP contribution in [0.25, 0.3) is 0 Å². The lowest BCUT2D eigenvalue weighted by molar-refractivity contribution is -0.136. The molecule has 0 bridgehead atoms. The van der Waals surface area contributed by atoms with Crippen molar-refractivity contribution in [3.05, 3.63) is 22.4 Å². The molecule has 1 heterocycles. The van der Waals surface area contributed by atoms with Crippen molar-refractivity contribution in [1.29, 1.82) is 0 Å². The van der Waals surface area contributed by atoms with Crippen molar-refractivity contribution in [1.82, 2.24) is 5.32 Å². The first-order valence-electron chi connectivity index (χ1n) is 6.39. The largest absolute Gasteiger partial charge is 0.375 e. The van der Waals surface area contributed by atoms with Gasteiger partial charge in [-0.1, -0.05) is 13.8 Å². The smallest absolute Gasteiger partial charge is 0.252 e. The molecule has 18 heavy (non-hydrogen) atoms. The molecule has 100 valence electrons. The maximum atomic E-state index is 12.0. The highest BCUT2D eigenvalue weighted by Crippen LogP contribution is 2.43. The number of rotatable bonds is 4. The Labute approximate surface area is 113 Å².